The van der Waals surface area contributed by atoms with E-state index < -0.39 is 17.7 Å². The summed E-state index contributed by atoms with van der Waals surface area (Å²) in [5.41, 5.74) is 1.68. The van der Waals surface area contributed by atoms with Gasteiger partial charge in [-0.15, -0.1) is 0 Å². The molecule has 7 heteroatoms. The number of ether oxygens (including phenoxy) is 1. The Morgan fingerprint density at radius 3 is 2.52 bits per heavy atom. The highest BCUT2D eigenvalue weighted by Crippen LogP contribution is 2.22. The number of hydrogen-bond acceptors (Lipinski definition) is 4. The van der Waals surface area contributed by atoms with Crippen molar-refractivity contribution in [2.24, 2.45) is 0 Å². The first-order chi connectivity index (χ1) is 11.7. The predicted molar refractivity (Wildman–Crippen MR) is 93.5 cm³/mol. The monoisotopic (exact) mass is 345 g/mol. The summed E-state index contributed by atoms with van der Waals surface area (Å²) in [7, 11) is 0. The van der Waals surface area contributed by atoms with Gasteiger partial charge in [0.15, 0.2) is 0 Å². The van der Waals surface area contributed by atoms with Crippen molar-refractivity contribution in [2.75, 3.05) is 0 Å². The third-order valence-electron chi connectivity index (χ3n) is 3.39. The molecule has 2 rings (SSSR count). The normalized spacial score (nSPS) is 12.5. The first-order valence-corrected chi connectivity index (χ1v) is 8.01. The van der Waals surface area contributed by atoms with Crippen molar-refractivity contribution >= 4 is 12.1 Å². The van der Waals surface area contributed by atoms with E-state index in [0.717, 1.165) is 5.56 Å². The fourth-order valence-corrected chi connectivity index (χ4v) is 2.40. The van der Waals surface area contributed by atoms with Crippen LogP contribution in [0, 0.1) is 0 Å². The van der Waals surface area contributed by atoms with E-state index in [9.17, 15) is 14.7 Å². The molecular formula is C18H23N3O4. The topological polar surface area (TPSA) is 104 Å². The molecule has 0 saturated carbocycles. The SMILES string of the molecule is C[C@@H](Cc1[nH]c(-c2ccncc2)cc1C(=O)O)NC(=O)OC(C)(C)C. The van der Waals surface area contributed by atoms with Crippen molar-refractivity contribution in [1.82, 2.24) is 15.3 Å². The quantitative estimate of drug-likeness (QED) is 0.772. The van der Waals surface area contributed by atoms with Crippen molar-refractivity contribution in [3.05, 3.63) is 41.9 Å². The van der Waals surface area contributed by atoms with Crippen LogP contribution in [-0.4, -0.2) is 38.8 Å². The Morgan fingerprint density at radius 1 is 1.32 bits per heavy atom. The molecule has 2 aromatic heterocycles. The zero-order valence-electron chi connectivity index (χ0n) is 14.8. The molecule has 0 unspecified atom stereocenters. The Morgan fingerprint density at radius 2 is 1.96 bits per heavy atom. The molecule has 0 aliphatic carbocycles. The number of hydrogen-bond donors (Lipinski definition) is 3. The number of alkyl carbamates (subject to hydrolysis) is 1. The molecule has 0 radical (unpaired) electrons. The largest absolute Gasteiger partial charge is 0.478 e. The zero-order valence-corrected chi connectivity index (χ0v) is 14.8. The van der Waals surface area contributed by atoms with E-state index in [1.165, 1.54) is 0 Å². The molecule has 0 saturated heterocycles. The first kappa shape index (κ1) is 18.5. The van der Waals surface area contributed by atoms with Crippen LogP contribution in [0.2, 0.25) is 0 Å². The van der Waals surface area contributed by atoms with Crippen LogP contribution in [0.3, 0.4) is 0 Å². The van der Waals surface area contributed by atoms with Gasteiger partial charge in [0.2, 0.25) is 0 Å². The number of nitrogens with zero attached hydrogens (tertiary/aromatic N) is 1. The lowest BCUT2D eigenvalue weighted by atomic mass is 10.1. The van der Waals surface area contributed by atoms with Gasteiger partial charge in [0.05, 0.1) is 5.56 Å². The van der Waals surface area contributed by atoms with Crippen LogP contribution < -0.4 is 5.32 Å². The number of aromatic amines is 1. The molecular weight excluding hydrogens is 322 g/mol. The molecule has 7 nitrogen and oxygen atoms in total. The van der Waals surface area contributed by atoms with E-state index in [0.29, 0.717) is 17.8 Å². The standard InChI is InChI=1S/C18H23N3O4/c1-11(20-17(24)25-18(2,3)4)9-15-13(16(22)23)10-14(21-15)12-5-7-19-8-6-12/h5-8,10-11,21H,9H2,1-4H3,(H,20,24)(H,22,23)/t11-/m0/s1. The number of carbonyl (C=O) groups is 2. The lowest BCUT2D eigenvalue weighted by Gasteiger charge is -2.21. The number of carboxylic acid groups (broad SMARTS) is 1. The molecule has 0 fully saturated rings. The van der Waals surface area contributed by atoms with Gasteiger partial charge in [0.25, 0.3) is 0 Å². The molecule has 0 spiro atoms. The summed E-state index contributed by atoms with van der Waals surface area (Å²) in [6.45, 7) is 7.14. The summed E-state index contributed by atoms with van der Waals surface area (Å²) in [6, 6.07) is 4.89. The van der Waals surface area contributed by atoms with E-state index in [2.05, 4.69) is 15.3 Å². The number of carbonyl (C=O) groups excluding carboxylic acids is 1. The molecule has 0 bridgehead atoms. The van der Waals surface area contributed by atoms with Crippen molar-refractivity contribution < 1.29 is 19.4 Å². The van der Waals surface area contributed by atoms with Gasteiger partial charge >= 0.3 is 12.1 Å². The zero-order chi connectivity index (χ0) is 18.6. The number of rotatable bonds is 5. The lowest BCUT2D eigenvalue weighted by Crippen LogP contribution is -2.38. The molecule has 25 heavy (non-hydrogen) atoms. The predicted octanol–water partition coefficient (Wildman–Crippen LogP) is 3.23. The van der Waals surface area contributed by atoms with Crippen LogP contribution in [0.4, 0.5) is 4.79 Å². The molecule has 0 aromatic carbocycles. The highest BCUT2D eigenvalue weighted by Gasteiger charge is 2.21. The van der Waals surface area contributed by atoms with Crippen LogP contribution in [0.25, 0.3) is 11.3 Å². The van der Waals surface area contributed by atoms with E-state index in [1.807, 2.05) is 0 Å². The summed E-state index contributed by atoms with van der Waals surface area (Å²) in [4.78, 5) is 30.4. The van der Waals surface area contributed by atoms with Crippen LogP contribution in [0.15, 0.2) is 30.6 Å². The van der Waals surface area contributed by atoms with Crippen LogP contribution in [0.5, 0.6) is 0 Å². The Kier molecular flexibility index (Phi) is 5.46. The van der Waals surface area contributed by atoms with Gasteiger partial charge in [-0.1, -0.05) is 0 Å². The number of amides is 1. The molecule has 1 amide bonds. The Bertz CT molecular complexity index is 747. The lowest BCUT2D eigenvalue weighted by molar-refractivity contribution is 0.0508. The molecule has 134 valence electrons. The number of carboxylic acids is 1. The van der Waals surface area contributed by atoms with Crippen LogP contribution >= 0.6 is 0 Å². The number of nitrogens with one attached hydrogen (secondary N) is 2. The average Bonchev–Trinajstić information content (AvgIpc) is 2.89. The van der Waals surface area contributed by atoms with Gasteiger partial charge < -0.3 is 20.1 Å². The number of aromatic nitrogens is 2. The molecule has 2 heterocycles. The minimum atomic E-state index is -1.02. The Hall–Kier alpha value is -2.83. The summed E-state index contributed by atoms with van der Waals surface area (Å²) in [5, 5.41) is 12.1. The fraction of sp³-hybridized carbons (Fsp3) is 0.389. The van der Waals surface area contributed by atoms with Crippen LogP contribution in [-0.2, 0) is 11.2 Å². The molecule has 3 N–H and O–H groups in total. The van der Waals surface area contributed by atoms with Gasteiger partial charge in [0.1, 0.15) is 5.60 Å². The van der Waals surface area contributed by atoms with E-state index in [-0.39, 0.29) is 11.6 Å². The van der Waals surface area contributed by atoms with Gasteiger partial charge in [-0.25, -0.2) is 9.59 Å². The van der Waals surface area contributed by atoms with Gasteiger partial charge in [-0.05, 0) is 45.9 Å². The van der Waals surface area contributed by atoms with E-state index in [1.54, 1.807) is 58.3 Å². The van der Waals surface area contributed by atoms with E-state index in [4.69, 9.17) is 4.74 Å². The summed E-state index contributed by atoms with van der Waals surface area (Å²) in [6.07, 6.45) is 3.09. The molecule has 1 atom stereocenters. The van der Waals surface area contributed by atoms with Crippen molar-refractivity contribution in [1.29, 1.82) is 0 Å². The summed E-state index contributed by atoms with van der Waals surface area (Å²) >= 11 is 0. The second-order valence-corrected chi connectivity index (χ2v) is 6.87. The third kappa shape index (κ3) is 5.34. The average molecular weight is 345 g/mol. The fourth-order valence-electron chi connectivity index (χ4n) is 2.40. The Balaban J connectivity index is 2.14. The highest BCUT2D eigenvalue weighted by atomic mass is 16.6. The van der Waals surface area contributed by atoms with Gasteiger partial charge in [-0.2, -0.15) is 0 Å². The van der Waals surface area contributed by atoms with Crippen LogP contribution in [0.1, 0.15) is 43.7 Å². The number of aromatic carboxylic acids is 1. The smallest absolute Gasteiger partial charge is 0.407 e. The summed E-state index contributed by atoms with van der Waals surface area (Å²) < 4.78 is 5.21. The number of pyridine rings is 1. The maximum atomic E-state index is 11.8. The minimum Gasteiger partial charge on any atom is -0.478 e. The minimum absolute atomic E-state index is 0.185. The van der Waals surface area contributed by atoms with E-state index >= 15 is 0 Å². The number of H-pyrrole nitrogens is 1. The van der Waals surface area contributed by atoms with Crippen molar-refractivity contribution in [3.8, 4) is 11.3 Å². The molecule has 0 aliphatic rings. The second kappa shape index (κ2) is 7.38. The first-order valence-electron chi connectivity index (χ1n) is 8.01. The summed E-state index contributed by atoms with van der Waals surface area (Å²) in [5.74, 6) is -1.02. The second-order valence-electron chi connectivity index (χ2n) is 6.87. The Labute approximate surface area is 146 Å². The van der Waals surface area contributed by atoms with Crippen molar-refractivity contribution in [3.63, 3.8) is 0 Å². The molecule has 2 aromatic rings. The third-order valence-corrected chi connectivity index (χ3v) is 3.39. The maximum Gasteiger partial charge on any atom is 0.407 e. The van der Waals surface area contributed by atoms with Crippen molar-refractivity contribution in [2.45, 2.75) is 45.8 Å². The highest BCUT2D eigenvalue weighted by molar-refractivity contribution is 5.91. The molecule has 0 aliphatic heterocycles. The maximum absolute atomic E-state index is 11.8. The van der Waals surface area contributed by atoms with Gasteiger partial charge in [0, 0.05) is 41.8 Å². The van der Waals surface area contributed by atoms with Gasteiger partial charge in [-0.3, -0.25) is 4.98 Å².